The molecule has 3 aromatic carbocycles. The van der Waals surface area contributed by atoms with Crippen molar-refractivity contribution in [1.29, 1.82) is 0 Å². The van der Waals surface area contributed by atoms with Gasteiger partial charge in [0.25, 0.3) is 5.69 Å². The van der Waals surface area contributed by atoms with Crippen LogP contribution >= 0.6 is 11.6 Å². The van der Waals surface area contributed by atoms with E-state index in [2.05, 4.69) is 20.2 Å². The minimum absolute atomic E-state index is 0.0435. The first-order valence-electron chi connectivity index (χ1n) is 9.76. The predicted octanol–water partition coefficient (Wildman–Crippen LogP) is 6.49. The summed E-state index contributed by atoms with van der Waals surface area (Å²) in [5, 5.41) is 20.3. The third kappa shape index (κ3) is 3.67. The number of aromatic nitrogens is 4. The van der Waals surface area contributed by atoms with Crippen LogP contribution in [0.4, 0.5) is 18.9 Å². The lowest BCUT2D eigenvalue weighted by molar-refractivity contribution is -0.383. The predicted molar refractivity (Wildman–Crippen MR) is 120 cm³/mol. The molecular formula is C23H11ClF3N5O2. The molecule has 11 heteroatoms. The maximum Gasteiger partial charge on any atom is 0.416 e. The largest absolute Gasteiger partial charge is 0.416 e. The molecule has 168 valence electrons. The average Bonchev–Trinajstić information content (AvgIpc) is 3.21. The summed E-state index contributed by atoms with van der Waals surface area (Å²) in [4.78, 5) is 20.2. The van der Waals surface area contributed by atoms with Crippen molar-refractivity contribution < 1.29 is 18.1 Å². The first-order chi connectivity index (χ1) is 16.2. The molecule has 0 atom stereocenters. The lowest BCUT2D eigenvalue weighted by atomic mass is 10.0. The van der Waals surface area contributed by atoms with E-state index in [4.69, 9.17) is 11.6 Å². The zero-order chi connectivity index (χ0) is 24.0. The van der Waals surface area contributed by atoms with Crippen LogP contribution in [-0.2, 0) is 6.18 Å². The highest BCUT2D eigenvalue weighted by Crippen LogP contribution is 2.38. The first-order valence-corrected chi connectivity index (χ1v) is 10.1. The van der Waals surface area contributed by atoms with Crippen molar-refractivity contribution >= 4 is 39.1 Å². The Labute approximate surface area is 194 Å². The summed E-state index contributed by atoms with van der Waals surface area (Å²) in [6.45, 7) is 0. The van der Waals surface area contributed by atoms with Crippen LogP contribution in [0.15, 0.2) is 67.0 Å². The van der Waals surface area contributed by atoms with E-state index >= 15 is 0 Å². The second-order valence-electron chi connectivity index (χ2n) is 7.32. The van der Waals surface area contributed by atoms with Crippen molar-refractivity contribution in [2.45, 2.75) is 6.18 Å². The molecule has 2 heterocycles. The van der Waals surface area contributed by atoms with Gasteiger partial charge in [0.1, 0.15) is 0 Å². The number of halogens is 4. The molecule has 0 aliphatic rings. The van der Waals surface area contributed by atoms with Gasteiger partial charge in [0.15, 0.2) is 5.52 Å². The molecule has 7 nitrogen and oxygen atoms in total. The number of nitrogens with zero attached hydrogens (tertiary/aromatic N) is 5. The van der Waals surface area contributed by atoms with Crippen molar-refractivity contribution in [3.05, 3.63) is 87.7 Å². The molecule has 0 aliphatic heterocycles. The van der Waals surface area contributed by atoms with Gasteiger partial charge in [-0.3, -0.25) is 15.1 Å². The molecule has 0 amide bonds. The molecule has 2 aromatic heterocycles. The van der Waals surface area contributed by atoms with Gasteiger partial charge >= 0.3 is 6.18 Å². The summed E-state index contributed by atoms with van der Waals surface area (Å²) >= 11 is 6.42. The van der Waals surface area contributed by atoms with Crippen LogP contribution in [0.2, 0.25) is 5.02 Å². The normalized spacial score (nSPS) is 11.8. The molecule has 0 aliphatic carbocycles. The molecule has 0 spiro atoms. The topological polar surface area (TPSA) is 94.7 Å². The number of hydrogen-bond acceptors (Lipinski definition) is 6. The molecule has 5 aromatic rings. The quantitative estimate of drug-likeness (QED) is 0.216. The number of alkyl halides is 3. The second-order valence-corrected chi connectivity index (χ2v) is 7.73. The van der Waals surface area contributed by atoms with Crippen molar-refractivity contribution in [2.75, 3.05) is 0 Å². The lowest BCUT2D eigenvalue weighted by Gasteiger charge is -2.08. The molecule has 5 rings (SSSR count). The highest BCUT2D eigenvalue weighted by atomic mass is 35.5. The molecule has 0 bridgehead atoms. The third-order valence-electron chi connectivity index (χ3n) is 5.25. The smallest absolute Gasteiger partial charge is 0.258 e. The van der Waals surface area contributed by atoms with E-state index < -0.39 is 16.7 Å². The number of non-ortho nitro benzene ring substituents is 1. The van der Waals surface area contributed by atoms with E-state index in [9.17, 15) is 23.3 Å². The van der Waals surface area contributed by atoms with Crippen LogP contribution < -0.4 is 0 Å². The third-order valence-corrected chi connectivity index (χ3v) is 5.58. The van der Waals surface area contributed by atoms with Crippen molar-refractivity contribution in [1.82, 2.24) is 20.2 Å². The minimum Gasteiger partial charge on any atom is -0.258 e. The van der Waals surface area contributed by atoms with E-state index in [0.717, 1.165) is 12.1 Å². The van der Waals surface area contributed by atoms with Gasteiger partial charge in [-0.15, -0.1) is 5.10 Å². The van der Waals surface area contributed by atoms with E-state index in [1.165, 1.54) is 30.6 Å². The molecule has 0 saturated heterocycles. The fourth-order valence-corrected chi connectivity index (χ4v) is 3.91. The van der Waals surface area contributed by atoms with Crippen molar-refractivity contribution in [3.63, 3.8) is 0 Å². The fourth-order valence-electron chi connectivity index (χ4n) is 3.69. The van der Waals surface area contributed by atoms with Crippen molar-refractivity contribution in [2.24, 2.45) is 0 Å². The average molecular weight is 482 g/mol. The van der Waals surface area contributed by atoms with Crippen LogP contribution in [0, 0.1) is 10.1 Å². The van der Waals surface area contributed by atoms with Crippen LogP contribution in [-0.4, -0.2) is 25.1 Å². The summed E-state index contributed by atoms with van der Waals surface area (Å²) in [7, 11) is 0. The minimum atomic E-state index is -4.55. The second kappa shape index (κ2) is 7.99. The van der Waals surface area contributed by atoms with Gasteiger partial charge in [-0.05, 0) is 18.2 Å². The zero-order valence-electron chi connectivity index (χ0n) is 16.9. The number of nitro groups is 1. The van der Waals surface area contributed by atoms with Crippen molar-refractivity contribution in [3.8, 4) is 22.5 Å². The molecule has 0 radical (unpaired) electrons. The standard InChI is InChI=1S/C23H11ClF3N5O2/c24-17-7-2-1-6-14(17)21-15-9-19(32(33)34)22-16(10-29-31-22)20(15)28-11-18(30-21)12-4-3-5-13(8-12)23(25,26)27/h1-11H. The molecule has 34 heavy (non-hydrogen) atoms. The Morgan fingerprint density at radius 3 is 2.47 bits per heavy atom. The Hall–Kier alpha value is -4.18. The molecular weight excluding hydrogens is 471 g/mol. The Balaban J connectivity index is 1.92. The van der Waals surface area contributed by atoms with Gasteiger partial charge in [-0.1, -0.05) is 41.9 Å². The summed E-state index contributed by atoms with van der Waals surface area (Å²) < 4.78 is 39.9. The Morgan fingerprint density at radius 1 is 0.941 bits per heavy atom. The molecule has 0 unspecified atom stereocenters. The summed E-state index contributed by atoms with van der Waals surface area (Å²) in [6, 6.07) is 12.6. The van der Waals surface area contributed by atoms with Gasteiger partial charge in [0, 0.05) is 27.6 Å². The van der Waals surface area contributed by atoms with E-state index in [1.807, 2.05) is 0 Å². The maximum absolute atomic E-state index is 13.3. The van der Waals surface area contributed by atoms with Crippen LogP contribution in [0.5, 0.6) is 0 Å². The SMILES string of the molecule is O=[N+]([O-])c1cc2c(-c3ccccc3Cl)nc(-c3cccc(C(F)(F)F)c3)cnc2c2cnnc12. The molecule has 0 saturated carbocycles. The zero-order valence-corrected chi connectivity index (χ0v) is 17.7. The number of hydrogen-bond donors (Lipinski definition) is 0. The van der Waals surface area contributed by atoms with Gasteiger partial charge in [0.2, 0.25) is 0 Å². The maximum atomic E-state index is 13.3. The Bertz CT molecular complexity index is 1610. The van der Waals surface area contributed by atoms with Gasteiger partial charge in [-0.2, -0.15) is 18.3 Å². The summed E-state index contributed by atoms with van der Waals surface area (Å²) in [6.07, 6.45) is -1.88. The highest BCUT2D eigenvalue weighted by molar-refractivity contribution is 6.33. The first kappa shape index (κ1) is 21.7. The highest BCUT2D eigenvalue weighted by Gasteiger charge is 2.30. The van der Waals surface area contributed by atoms with Crippen LogP contribution in [0.3, 0.4) is 0 Å². The number of nitro benzene ring substituents is 1. The van der Waals surface area contributed by atoms with Crippen LogP contribution in [0.1, 0.15) is 5.56 Å². The number of benzene rings is 3. The monoisotopic (exact) mass is 481 g/mol. The van der Waals surface area contributed by atoms with Crippen LogP contribution in [0.25, 0.3) is 44.3 Å². The Kier molecular flexibility index (Phi) is 5.09. The number of rotatable bonds is 3. The summed E-state index contributed by atoms with van der Waals surface area (Å²) in [5.74, 6) is 0. The van der Waals surface area contributed by atoms with E-state index in [-0.39, 0.29) is 33.5 Å². The van der Waals surface area contributed by atoms with E-state index in [1.54, 1.807) is 24.3 Å². The fraction of sp³-hybridized carbons (Fsp3) is 0.0435. The summed E-state index contributed by atoms with van der Waals surface area (Å²) in [5.41, 5.74) is 0.140. The Morgan fingerprint density at radius 2 is 1.74 bits per heavy atom. The lowest BCUT2D eigenvalue weighted by Crippen LogP contribution is -2.04. The van der Waals surface area contributed by atoms with E-state index in [0.29, 0.717) is 21.5 Å². The van der Waals surface area contributed by atoms with Gasteiger partial charge < -0.3 is 0 Å². The van der Waals surface area contributed by atoms with Gasteiger partial charge in [-0.25, -0.2) is 4.98 Å². The molecule has 0 fully saturated rings. The molecule has 0 N–H and O–H groups in total. The number of fused-ring (bicyclic) bond motifs is 3. The van der Waals surface area contributed by atoms with Gasteiger partial charge in [0.05, 0.1) is 45.2 Å².